The predicted molar refractivity (Wildman–Crippen MR) is 74.8 cm³/mol. The van der Waals surface area contributed by atoms with Crippen molar-refractivity contribution >= 4 is 21.7 Å². The van der Waals surface area contributed by atoms with Crippen molar-refractivity contribution in [2.24, 2.45) is 5.92 Å². The molecule has 114 valence electrons. The van der Waals surface area contributed by atoms with Crippen LogP contribution in [0.4, 0.5) is 0 Å². The molecule has 20 heavy (non-hydrogen) atoms. The third kappa shape index (κ3) is 3.31. The third-order valence-corrected chi connectivity index (χ3v) is 4.85. The van der Waals surface area contributed by atoms with Crippen LogP contribution in [0.1, 0.15) is 33.1 Å². The number of carbonyl (C=O) groups excluding carboxylic acids is 2. The molecule has 0 aromatic heterocycles. The third-order valence-electron chi connectivity index (χ3n) is 3.82. The highest BCUT2D eigenvalue weighted by Gasteiger charge is 2.50. The van der Waals surface area contributed by atoms with Gasteiger partial charge in [0.15, 0.2) is 0 Å². The van der Waals surface area contributed by atoms with Crippen LogP contribution in [0.25, 0.3) is 0 Å². The monoisotopic (exact) mass is 302 g/mol. The van der Waals surface area contributed by atoms with Crippen LogP contribution in [-0.2, 0) is 19.4 Å². The molecule has 6 nitrogen and oxygen atoms in total. The number of nitrogens with zero attached hydrogens (tertiary/aromatic N) is 1. The topological polar surface area (TPSA) is 83.6 Å². The molecule has 0 spiro atoms. The molecule has 2 fully saturated rings. The summed E-state index contributed by atoms with van der Waals surface area (Å²) in [6, 6.07) is -0.421. The SMILES string of the molecule is CC1(C)NC(=O)C(C2CC2)N(CCCS(C)(=O)=O)C1=O. The average Bonchev–Trinajstić information content (AvgIpc) is 3.06. The molecule has 1 atom stereocenters. The molecule has 1 saturated heterocycles. The van der Waals surface area contributed by atoms with E-state index in [1.165, 1.54) is 6.26 Å². The summed E-state index contributed by atoms with van der Waals surface area (Å²) in [5.74, 6) is 0.0307. The summed E-state index contributed by atoms with van der Waals surface area (Å²) in [6.07, 6.45) is 3.46. The van der Waals surface area contributed by atoms with Crippen LogP contribution in [0.3, 0.4) is 0 Å². The molecular formula is C13H22N2O4S. The highest BCUT2D eigenvalue weighted by atomic mass is 32.2. The lowest BCUT2D eigenvalue weighted by Crippen LogP contribution is -2.68. The second kappa shape index (κ2) is 5.02. The van der Waals surface area contributed by atoms with Crippen molar-refractivity contribution in [3.05, 3.63) is 0 Å². The predicted octanol–water partition coefficient (Wildman–Crippen LogP) is -0.0633. The number of nitrogens with one attached hydrogen (secondary N) is 1. The highest BCUT2D eigenvalue weighted by molar-refractivity contribution is 7.90. The van der Waals surface area contributed by atoms with E-state index in [1.807, 2.05) is 0 Å². The number of rotatable bonds is 5. The van der Waals surface area contributed by atoms with Gasteiger partial charge in [0.1, 0.15) is 21.4 Å². The smallest absolute Gasteiger partial charge is 0.248 e. The maximum absolute atomic E-state index is 12.5. The molecule has 7 heteroatoms. The van der Waals surface area contributed by atoms with Crippen molar-refractivity contribution in [1.82, 2.24) is 10.2 Å². The minimum Gasteiger partial charge on any atom is -0.340 e. The van der Waals surface area contributed by atoms with Gasteiger partial charge in [-0.1, -0.05) is 0 Å². The van der Waals surface area contributed by atoms with Crippen LogP contribution in [0.2, 0.25) is 0 Å². The zero-order chi connectivity index (χ0) is 15.1. The Balaban J connectivity index is 2.11. The van der Waals surface area contributed by atoms with Crippen molar-refractivity contribution in [2.45, 2.75) is 44.7 Å². The minimum absolute atomic E-state index is 0.0379. The van der Waals surface area contributed by atoms with E-state index in [2.05, 4.69) is 5.32 Å². The molecule has 2 aliphatic rings. The Morgan fingerprint density at radius 1 is 1.30 bits per heavy atom. The maximum atomic E-state index is 12.5. The molecule has 1 heterocycles. The first-order chi connectivity index (χ1) is 9.12. The van der Waals surface area contributed by atoms with Crippen LogP contribution in [0, 0.1) is 5.92 Å². The summed E-state index contributed by atoms with van der Waals surface area (Å²) in [4.78, 5) is 26.2. The van der Waals surface area contributed by atoms with Crippen LogP contribution in [-0.4, -0.2) is 55.3 Å². The fourth-order valence-electron chi connectivity index (χ4n) is 2.68. The molecule has 1 N–H and O–H groups in total. The highest BCUT2D eigenvalue weighted by Crippen LogP contribution is 2.38. The lowest BCUT2D eigenvalue weighted by Gasteiger charge is -2.43. The van der Waals surface area contributed by atoms with Crippen LogP contribution < -0.4 is 5.32 Å². The summed E-state index contributed by atoms with van der Waals surface area (Å²) in [7, 11) is -3.05. The molecule has 1 unspecified atom stereocenters. The molecule has 1 aliphatic carbocycles. The van der Waals surface area contributed by atoms with E-state index in [0.29, 0.717) is 13.0 Å². The van der Waals surface area contributed by atoms with Gasteiger partial charge in [-0.05, 0) is 39.0 Å². The number of amides is 2. The van der Waals surface area contributed by atoms with Gasteiger partial charge in [-0.2, -0.15) is 0 Å². The standard InChI is InChI=1S/C13H22N2O4S/c1-13(2)12(17)15(7-4-8-20(3,18)19)10(9-5-6-9)11(16)14-13/h9-10H,4-8H2,1-3H3,(H,14,16). The van der Waals surface area contributed by atoms with Crippen molar-refractivity contribution < 1.29 is 18.0 Å². The number of carbonyl (C=O) groups is 2. The van der Waals surface area contributed by atoms with Crippen molar-refractivity contribution in [1.29, 1.82) is 0 Å². The zero-order valence-electron chi connectivity index (χ0n) is 12.2. The average molecular weight is 302 g/mol. The Hall–Kier alpha value is -1.11. The summed E-state index contributed by atoms with van der Waals surface area (Å²) in [6.45, 7) is 3.68. The second-order valence-corrected chi connectivity index (χ2v) is 8.64. The summed E-state index contributed by atoms with van der Waals surface area (Å²) in [5.41, 5.74) is -0.909. The Morgan fingerprint density at radius 3 is 2.40 bits per heavy atom. The summed E-state index contributed by atoms with van der Waals surface area (Å²) < 4.78 is 22.4. The van der Waals surface area contributed by atoms with Crippen LogP contribution >= 0.6 is 0 Å². The van der Waals surface area contributed by atoms with E-state index in [-0.39, 0.29) is 23.5 Å². The molecule has 0 bridgehead atoms. The molecule has 2 rings (SSSR count). The first-order valence-corrected chi connectivity index (χ1v) is 8.99. The molecule has 0 aromatic carbocycles. The zero-order valence-corrected chi connectivity index (χ0v) is 13.0. The maximum Gasteiger partial charge on any atom is 0.248 e. The van der Waals surface area contributed by atoms with Gasteiger partial charge in [0, 0.05) is 12.8 Å². The Bertz CT molecular complexity index is 522. The van der Waals surface area contributed by atoms with Gasteiger partial charge < -0.3 is 10.2 Å². The summed E-state index contributed by atoms with van der Waals surface area (Å²) >= 11 is 0. The van der Waals surface area contributed by atoms with E-state index in [1.54, 1.807) is 18.7 Å². The number of hydrogen-bond acceptors (Lipinski definition) is 4. The van der Waals surface area contributed by atoms with Crippen LogP contribution in [0.15, 0.2) is 0 Å². The summed E-state index contributed by atoms with van der Waals surface area (Å²) in [5, 5.41) is 2.77. The molecule has 1 saturated carbocycles. The van der Waals surface area contributed by atoms with Crippen LogP contribution in [0.5, 0.6) is 0 Å². The Labute approximate surface area is 119 Å². The van der Waals surface area contributed by atoms with E-state index in [0.717, 1.165) is 12.8 Å². The minimum atomic E-state index is -3.05. The molecule has 0 aromatic rings. The molecule has 2 amide bonds. The lowest BCUT2D eigenvalue weighted by atomic mass is 9.94. The van der Waals surface area contributed by atoms with Crippen molar-refractivity contribution in [3.8, 4) is 0 Å². The van der Waals surface area contributed by atoms with Crippen molar-refractivity contribution in [2.75, 3.05) is 18.6 Å². The fourth-order valence-corrected chi connectivity index (χ4v) is 3.33. The quantitative estimate of drug-likeness (QED) is 0.771. The van der Waals surface area contributed by atoms with E-state index >= 15 is 0 Å². The van der Waals surface area contributed by atoms with E-state index < -0.39 is 21.4 Å². The lowest BCUT2D eigenvalue weighted by molar-refractivity contribution is -0.154. The fraction of sp³-hybridized carbons (Fsp3) is 0.846. The van der Waals surface area contributed by atoms with Gasteiger partial charge in [0.2, 0.25) is 11.8 Å². The molecular weight excluding hydrogens is 280 g/mol. The number of hydrogen-bond donors (Lipinski definition) is 1. The van der Waals surface area contributed by atoms with E-state index in [9.17, 15) is 18.0 Å². The normalized spacial score (nSPS) is 26.6. The first-order valence-electron chi connectivity index (χ1n) is 6.93. The van der Waals surface area contributed by atoms with Gasteiger partial charge >= 0.3 is 0 Å². The first kappa shape index (κ1) is 15.3. The largest absolute Gasteiger partial charge is 0.340 e. The van der Waals surface area contributed by atoms with Gasteiger partial charge in [0.05, 0.1) is 5.75 Å². The number of sulfone groups is 1. The van der Waals surface area contributed by atoms with Gasteiger partial charge in [0.25, 0.3) is 0 Å². The van der Waals surface area contributed by atoms with E-state index in [4.69, 9.17) is 0 Å². The van der Waals surface area contributed by atoms with Gasteiger partial charge in [-0.15, -0.1) is 0 Å². The van der Waals surface area contributed by atoms with Crippen molar-refractivity contribution in [3.63, 3.8) is 0 Å². The van der Waals surface area contributed by atoms with Gasteiger partial charge in [-0.3, -0.25) is 9.59 Å². The second-order valence-electron chi connectivity index (χ2n) is 6.38. The van der Waals surface area contributed by atoms with Gasteiger partial charge in [-0.25, -0.2) is 8.42 Å². The molecule has 1 aliphatic heterocycles. The Kier molecular flexibility index (Phi) is 3.83. The Morgan fingerprint density at radius 2 is 1.90 bits per heavy atom. The molecule has 0 radical (unpaired) electrons. The number of piperazine rings is 1.